The van der Waals surface area contributed by atoms with Crippen LogP contribution in [0.1, 0.15) is 64.5 Å². The van der Waals surface area contributed by atoms with E-state index in [9.17, 15) is 0 Å². The number of aromatic amines is 1. The number of nitrogens with two attached hydrogens (primary N) is 1. The Kier molecular flexibility index (Phi) is 7.02. The van der Waals surface area contributed by atoms with Gasteiger partial charge in [0.1, 0.15) is 5.75 Å². The van der Waals surface area contributed by atoms with Gasteiger partial charge in [0.15, 0.2) is 0 Å². The summed E-state index contributed by atoms with van der Waals surface area (Å²) in [7, 11) is 0. The molecule has 1 aromatic heterocycles. The second-order valence-electron chi connectivity index (χ2n) is 8.96. The van der Waals surface area contributed by atoms with Gasteiger partial charge in [-0.05, 0) is 90.7 Å². The summed E-state index contributed by atoms with van der Waals surface area (Å²) in [5.41, 5.74) is 12.3. The van der Waals surface area contributed by atoms with Crippen molar-refractivity contribution in [3.63, 3.8) is 0 Å². The Balaban J connectivity index is 1.98. The molecule has 3 N–H and O–H groups in total. The molecule has 0 aliphatic heterocycles. The van der Waals surface area contributed by atoms with Crippen LogP contribution in [-0.2, 0) is 11.8 Å². The van der Waals surface area contributed by atoms with E-state index in [0.717, 1.165) is 51.0 Å². The van der Waals surface area contributed by atoms with Gasteiger partial charge in [-0.2, -0.15) is 0 Å². The summed E-state index contributed by atoms with van der Waals surface area (Å²) in [6.07, 6.45) is 5.43. The van der Waals surface area contributed by atoms with Crippen LogP contribution in [0.4, 0.5) is 0 Å². The van der Waals surface area contributed by atoms with Crippen molar-refractivity contribution in [3.8, 4) is 17.0 Å². The SMILES string of the molecule is CCCCOc1ccc(-c2[nH]c3ccc(C(C)(C)C)cc3c2CCCCN)cc1. The number of hydrogen-bond donors (Lipinski definition) is 2. The molecule has 2 aromatic carbocycles. The van der Waals surface area contributed by atoms with Crippen molar-refractivity contribution in [1.29, 1.82) is 0 Å². The van der Waals surface area contributed by atoms with Gasteiger partial charge in [0, 0.05) is 16.6 Å². The lowest BCUT2D eigenvalue weighted by Crippen LogP contribution is -2.10. The molecule has 3 heteroatoms. The van der Waals surface area contributed by atoms with Crippen LogP contribution in [-0.4, -0.2) is 18.1 Å². The molecule has 0 saturated carbocycles. The number of aryl methyl sites for hydroxylation is 1. The van der Waals surface area contributed by atoms with Gasteiger partial charge in [-0.3, -0.25) is 0 Å². The largest absolute Gasteiger partial charge is 0.494 e. The van der Waals surface area contributed by atoms with Crippen molar-refractivity contribution < 1.29 is 4.74 Å². The molecule has 0 radical (unpaired) electrons. The zero-order chi connectivity index (χ0) is 20.9. The number of benzene rings is 2. The zero-order valence-corrected chi connectivity index (χ0v) is 18.5. The van der Waals surface area contributed by atoms with Gasteiger partial charge in [0.05, 0.1) is 6.61 Å². The first-order valence-corrected chi connectivity index (χ1v) is 11.0. The number of aromatic nitrogens is 1. The summed E-state index contributed by atoms with van der Waals surface area (Å²) < 4.78 is 5.83. The van der Waals surface area contributed by atoms with Crippen LogP contribution in [0.3, 0.4) is 0 Å². The first-order valence-electron chi connectivity index (χ1n) is 11.0. The summed E-state index contributed by atoms with van der Waals surface area (Å²) in [6, 6.07) is 15.4. The van der Waals surface area contributed by atoms with E-state index in [4.69, 9.17) is 10.5 Å². The average molecular weight is 393 g/mol. The Morgan fingerprint density at radius 1 is 0.966 bits per heavy atom. The van der Waals surface area contributed by atoms with Crippen molar-refractivity contribution >= 4 is 10.9 Å². The van der Waals surface area contributed by atoms with Crippen LogP contribution >= 0.6 is 0 Å². The molecule has 0 unspecified atom stereocenters. The summed E-state index contributed by atoms with van der Waals surface area (Å²) in [5.74, 6) is 0.943. The predicted molar refractivity (Wildman–Crippen MR) is 125 cm³/mol. The Bertz CT molecular complexity index is 916. The van der Waals surface area contributed by atoms with E-state index in [1.54, 1.807) is 0 Å². The van der Waals surface area contributed by atoms with Crippen LogP contribution in [0.15, 0.2) is 42.5 Å². The number of rotatable bonds is 9. The van der Waals surface area contributed by atoms with Crippen molar-refractivity contribution in [1.82, 2.24) is 4.98 Å². The van der Waals surface area contributed by atoms with Crippen molar-refractivity contribution in [3.05, 3.63) is 53.6 Å². The third kappa shape index (κ3) is 5.22. The molecule has 156 valence electrons. The number of unbranched alkanes of at least 4 members (excludes halogenated alkanes) is 2. The zero-order valence-electron chi connectivity index (χ0n) is 18.5. The molecule has 0 bridgehead atoms. The third-order valence-corrected chi connectivity index (χ3v) is 5.56. The van der Waals surface area contributed by atoms with Crippen molar-refractivity contribution in [2.75, 3.05) is 13.2 Å². The highest BCUT2D eigenvalue weighted by Crippen LogP contribution is 2.35. The van der Waals surface area contributed by atoms with E-state index < -0.39 is 0 Å². The molecular formula is C26H36N2O. The molecule has 0 saturated heterocycles. The van der Waals surface area contributed by atoms with Crippen LogP contribution in [0, 0.1) is 0 Å². The molecule has 0 spiro atoms. The Morgan fingerprint density at radius 3 is 2.38 bits per heavy atom. The fourth-order valence-corrected chi connectivity index (χ4v) is 3.72. The van der Waals surface area contributed by atoms with Gasteiger partial charge in [-0.1, -0.05) is 40.2 Å². The number of nitrogens with one attached hydrogen (secondary N) is 1. The quantitative estimate of drug-likeness (QED) is 0.403. The molecule has 0 fully saturated rings. The van der Waals surface area contributed by atoms with E-state index >= 15 is 0 Å². The summed E-state index contributed by atoms with van der Waals surface area (Å²) in [6.45, 7) is 10.5. The number of hydrogen-bond acceptors (Lipinski definition) is 2. The minimum atomic E-state index is 0.137. The van der Waals surface area contributed by atoms with Gasteiger partial charge in [0.25, 0.3) is 0 Å². The van der Waals surface area contributed by atoms with E-state index in [1.807, 2.05) is 0 Å². The van der Waals surface area contributed by atoms with Gasteiger partial charge < -0.3 is 15.5 Å². The third-order valence-electron chi connectivity index (χ3n) is 5.56. The highest BCUT2D eigenvalue weighted by atomic mass is 16.5. The molecule has 29 heavy (non-hydrogen) atoms. The van der Waals surface area contributed by atoms with Crippen LogP contribution in [0.25, 0.3) is 22.2 Å². The highest BCUT2D eigenvalue weighted by Gasteiger charge is 2.18. The molecule has 1 heterocycles. The maximum absolute atomic E-state index is 5.83. The lowest BCUT2D eigenvalue weighted by molar-refractivity contribution is 0.309. The molecule has 3 nitrogen and oxygen atoms in total. The molecule has 0 amide bonds. The first kappa shape index (κ1) is 21.4. The van der Waals surface area contributed by atoms with E-state index in [-0.39, 0.29) is 5.41 Å². The first-order chi connectivity index (χ1) is 13.9. The van der Waals surface area contributed by atoms with Crippen LogP contribution in [0.5, 0.6) is 5.75 Å². The van der Waals surface area contributed by atoms with Gasteiger partial charge in [-0.25, -0.2) is 0 Å². The van der Waals surface area contributed by atoms with Crippen LogP contribution < -0.4 is 10.5 Å². The molecule has 0 atom stereocenters. The lowest BCUT2D eigenvalue weighted by Gasteiger charge is -2.19. The van der Waals surface area contributed by atoms with E-state index in [1.165, 1.54) is 33.3 Å². The van der Waals surface area contributed by atoms with E-state index in [2.05, 4.69) is 75.1 Å². The minimum Gasteiger partial charge on any atom is -0.494 e. The van der Waals surface area contributed by atoms with Crippen LogP contribution in [0.2, 0.25) is 0 Å². The maximum atomic E-state index is 5.83. The summed E-state index contributed by atoms with van der Waals surface area (Å²) in [4.78, 5) is 3.69. The van der Waals surface area contributed by atoms with Gasteiger partial charge >= 0.3 is 0 Å². The number of ether oxygens (including phenoxy) is 1. The molecule has 0 aliphatic rings. The van der Waals surface area contributed by atoms with Crippen molar-refractivity contribution in [2.45, 2.75) is 65.2 Å². The standard InChI is InChI=1S/C26H36N2O/c1-5-6-17-29-21-13-10-19(11-14-21)25-22(9-7-8-16-27)23-18-20(26(2,3)4)12-15-24(23)28-25/h10-15,18,28H,5-9,16-17,27H2,1-4H3. The summed E-state index contributed by atoms with van der Waals surface area (Å²) in [5, 5.41) is 1.34. The highest BCUT2D eigenvalue weighted by molar-refractivity contribution is 5.91. The molecule has 3 rings (SSSR count). The maximum Gasteiger partial charge on any atom is 0.119 e. The minimum absolute atomic E-state index is 0.137. The monoisotopic (exact) mass is 392 g/mol. The fraction of sp³-hybridized carbons (Fsp3) is 0.462. The normalized spacial score (nSPS) is 11.9. The Morgan fingerprint density at radius 2 is 1.72 bits per heavy atom. The second-order valence-corrected chi connectivity index (χ2v) is 8.96. The number of fused-ring (bicyclic) bond motifs is 1. The fourth-order valence-electron chi connectivity index (χ4n) is 3.72. The topological polar surface area (TPSA) is 51.0 Å². The second kappa shape index (κ2) is 9.49. The Labute approximate surface area is 175 Å². The smallest absolute Gasteiger partial charge is 0.119 e. The predicted octanol–water partition coefficient (Wildman–Crippen LogP) is 6.59. The molecule has 0 aliphatic carbocycles. The lowest BCUT2D eigenvalue weighted by atomic mass is 9.86. The van der Waals surface area contributed by atoms with Crippen molar-refractivity contribution in [2.24, 2.45) is 5.73 Å². The molecular weight excluding hydrogens is 356 g/mol. The Hall–Kier alpha value is -2.26. The average Bonchev–Trinajstić information content (AvgIpc) is 3.06. The summed E-state index contributed by atoms with van der Waals surface area (Å²) >= 11 is 0. The van der Waals surface area contributed by atoms with Gasteiger partial charge in [0.2, 0.25) is 0 Å². The van der Waals surface area contributed by atoms with E-state index in [0.29, 0.717) is 0 Å². The molecule has 3 aromatic rings. The van der Waals surface area contributed by atoms with Gasteiger partial charge in [-0.15, -0.1) is 0 Å². The number of H-pyrrole nitrogens is 1.